The Kier molecular flexibility index (Phi) is 6.93. The normalized spacial score (nSPS) is 14.4. The Morgan fingerprint density at radius 1 is 1.21 bits per heavy atom. The van der Waals surface area contributed by atoms with E-state index in [9.17, 15) is 4.79 Å². The molecule has 1 saturated heterocycles. The van der Waals surface area contributed by atoms with Crippen molar-refractivity contribution in [3.05, 3.63) is 48.0 Å². The van der Waals surface area contributed by atoms with Gasteiger partial charge in [0.15, 0.2) is 5.11 Å². The van der Waals surface area contributed by atoms with Crippen LogP contribution in [0.3, 0.4) is 0 Å². The van der Waals surface area contributed by atoms with Gasteiger partial charge in [-0.15, -0.1) is 0 Å². The lowest BCUT2D eigenvalue weighted by Gasteiger charge is -2.20. The molecule has 1 fully saturated rings. The molecule has 0 bridgehead atoms. The standard InChI is InChI=1S/C22H27N3O3S/c1-15-13-17(6-11-20(15)25-12-4-5-21(25)26)24-22(29)23-16(2)14-28-19-9-7-18(27-3)8-10-19/h6-11,13,16H,4-5,12,14H2,1-3H3,(H2,23,24,29)/t16-/m1/s1. The van der Waals surface area contributed by atoms with Gasteiger partial charge in [-0.2, -0.15) is 0 Å². The van der Waals surface area contributed by atoms with Crippen LogP contribution in [0.15, 0.2) is 42.5 Å². The molecule has 0 spiro atoms. The molecular weight excluding hydrogens is 386 g/mol. The SMILES string of the molecule is COc1ccc(OC[C@@H](C)NC(=S)Nc2ccc(N3CCCC3=O)c(C)c2)cc1. The molecule has 3 rings (SSSR count). The molecule has 2 aromatic rings. The molecule has 29 heavy (non-hydrogen) atoms. The van der Waals surface area contributed by atoms with Crippen LogP contribution in [0.2, 0.25) is 0 Å². The molecule has 0 aromatic heterocycles. The molecular formula is C22H27N3O3S. The van der Waals surface area contributed by atoms with E-state index >= 15 is 0 Å². The molecule has 1 amide bonds. The number of hydrogen-bond acceptors (Lipinski definition) is 4. The van der Waals surface area contributed by atoms with E-state index in [0.717, 1.165) is 41.4 Å². The summed E-state index contributed by atoms with van der Waals surface area (Å²) in [5.74, 6) is 1.77. The highest BCUT2D eigenvalue weighted by molar-refractivity contribution is 7.80. The van der Waals surface area contributed by atoms with E-state index in [2.05, 4.69) is 10.6 Å². The lowest BCUT2D eigenvalue weighted by atomic mass is 10.1. The molecule has 0 unspecified atom stereocenters. The van der Waals surface area contributed by atoms with Gasteiger partial charge in [0.25, 0.3) is 0 Å². The van der Waals surface area contributed by atoms with Crippen molar-refractivity contribution in [1.82, 2.24) is 5.32 Å². The van der Waals surface area contributed by atoms with Crippen molar-refractivity contribution in [3.63, 3.8) is 0 Å². The van der Waals surface area contributed by atoms with E-state index in [1.165, 1.54) is 0 Å². The molecule has 154 valence electrons. The van der Waals surface area contributed by atoms with Crippen LogP contribution >= 0.6 is 12.2 Å². The minimum Gasteiger partial charge on any atom is -0.497 e. The molecule has 6 nitrogen and oxygen atoms in total. The van der Waals surface area contributed by atoms with Crippen molar-refractivity contribution >= 4 is 34.6 Å². The van der Waals surface area contributed by atoms with Crippen molar-refractivity contribution in [2.24, 2.45) is 0 Å². The number of hydrogen-bond donors (Lipinski definition) is 2. The smallest absolute Gasteiger partial charge is 0.227 e. The molecule has 0 aliphatic carbocycles. The van der Waals surface area contributed by atoms with Crippen molar-refractivity contribution in [2.45, 2.75) is 32.7 Å². The minimum absolute atomic E-state index is 0.0275. The molecule has 1 aliphatic rings. The summed E-state index contributed by atoms with van der Waals surface area (Å²) in [5, 5.41) is 6.95. The molecule has 0 saturated carbocycles. The maximum atomic E-state index is 12.0. The number of methoxy groups -OCH3 is 1. The quantitative estimate of drug-likeness (QED) is 0.672. The highest BCUT2D eigenvalue weighted by Crippen LogP contribution is 2.27. The maximum Gasteiger partial charge on any atom is 0.227 e. The third kappa shape index (κ3) is 5.60. The fourth-order valence-corrected chi connectivity index (χ4v) is 3.58. The zero-order valence-corrected chi connectivity index (χ0v) is 17.8. The Morgan fingerprint density at radius 2 is 1.93 bits per heavy atom. The minimum atomic E-state index is 0.0275. The average Bonchev–Trinajstić information content (AvgIpc) is 3.12. The third-order valence-electron chi connectivity index (χ3n) is 4.76. The fourth-order valence-electron chi connectivity index (χ4n) is 3.26. The summed E-state index contributed by atoms with van der Waals surface area (Å²) >= 11 is 5.42. The first-order valence-electron chi connectivity index (χ1n) is 9.71. The van der Waals surface area contributed by atoms with Crippen LogP contribution in [0.1, 0.15) is 25.3 Å². The first-order valence-corrected chi connectivity index (χ1v) is 10.1. The second-order valence-corrected chi connectivity index (χ2v) is 7.54. The monoisotopic (exact) mass is 413 g/mol. The first kappa shape index (κ1) is 20.9. The largest absolute Gasteiger partial charge is 0.497 e. The predicted molar refractivity (Wildman–Crippen MR) is 120 cm³/mol. The summed E-state index contributed by atoms with van der Waals surface area (Å²) in [6, 6.07) is 13.4. The van der Waals surface area contributed by atoms with Crippen LogP contribution in [-0.2, 0) is 4.79 Å². The van der Waals surface area contributed by atoms with Gasteiger partial charge in [-0.25, -0.2) is 0 Å². The first-order chi connectivity index (χ1) is 14.0. The highest BCUT2D eigenvalue weighted by Gasteiger charge is 2.22. The number of amides is 1. The van der Waals surface area contributed by atoms with Gasteiger partial charge >= 0.3 is 0 Å². The number of thiocarbonyl (C=S) groups is 1. The predicted octanol–water partition coefficient (Wildman–Crippen LogP) is 3.88. The molecule has 1 atom stereocenters. The Balaban J connectivity index is 1.49. The fraction of sp³-hybridized carbons (Fsp3) is 0.364. The Morgan fingerprint density at radius 3 is 2.55 bits per heavy atom. The second-order valence-electron chi connectivity index (χ2n) is 7.14. The van der Waals surface area contributed by atoms with Crippen molar-refractivity contribution in [2.75, 3.05) is 30.5 Å². The number of anilines is 2. The summed E-state index contributed by atoms with van der Waals surface area (Å²) in [7, 11) is 1.64. The van der Waals surface area contributed by atoms with Gasteiger partial charge in [-0.3, -0.25) is 4.79 Å². The van der Waals surface area contributed by atoms with Crippen molar-refractivity contribution in [1.29, 1.82) is 0 Å². The Hall–Kier alpha value is -2.80. The van der Waals surface area contributed by atoms with Crippen LogP contribution < -0.4 is 25.0 Å². The van der Waals surface area contributed by atoms with Gasteiger partial charge in [0.1, 0.15) is 18.1 Å². The number of carbonyl (C=O) groups excluding carboxylic acids is 1. The lowest BCUT2D eigenvalue weighted by molar-refractivity contribution is -0.117. The van der Waals surface area contributed by atoms with Gasteiger partial charge in [-0.05, 0) is 80.5 Å². The van der Waals surface area contributed by atoms with E-state index in [4.69, 9.17) is 21.7 Å². The zero-order valence-electron chi connectivity index (χ0n) is 17.0. The zero-order chi connectivity index (χ0) is 20.8. The summed E-state index contributed by atoms with van der Waals surface area (Å²) < 4.78 is 10.9. The molecule has 7 heteroatoms. The van der Waals surface area contributed by atoms with Gasteiger partial charge in [0.2, 0.25) is 5.91 Å². The second kappa shape index (κ2) is 9.60. The highest BCUT2D eigenvalue weighted by atomic mass is 32.1. The third-order valence-corrected chi connectivity index (χ3v) is 4.98. The van der Waals surface area contributed by atoms with Crippen LogP contribution in [-0.4, -0.2) is 37.3 Å². The molecule has 2 aromatic carbocycles. The summed E-state index contributed by atoms with van der Waals surface area (Å²) in [6.45, 7) is 5.28. The summed E-state index contributed by atoms with van der Waals surface area (Å²) in [5.41, 5.74) is 2.90. The van der Waals surface area contributed by atoms with E-state index < -0.39 is 0 Å². The summed E-state index contributed by atoms with van der Waals surface area (Å²) in [6.07, 6.45) is 1.55. The average molecular weight is 414 g/mol. The van der Waals surface area contributed by atoms with E-state index in [1.807, 2.05) is 61.2 Å². The van der Waals surface area contributed by atoms with E-state index in [-0.39, 0.29) is 11.9 Å². The van der Waals surface area contributed by atoms with Crippen LogP contribution in [0.4, 0.5) is 11.4 Å². The Labute approximate surface area is 177 Å². The topological polar surface area (TPSA) is 62.8 Å². The number of nitrogens with zero attached hydrogens (tertiary/aromatic N) is 1. The number of aryl methyl sites for hydroxylation is 1. The number of benzene rings is 2. The van der Waals surface area contributed by atoms with Gasteiger partial charge in [0, 0.05) is 24.3 Å². The van der Waals surface area contributed by atoms with Crippen molar-refractivity contribution in [3.8, 4) is 11.5 Å². The lowest BCUT2D eigenvalue weighted by Crippen LogP contribution is -2.39. The van der Waals surface area contributed by atoms with Crippen LogP contribution in [0, 0.1) is 6.92 Å². The van der Waals surface area contributed by atoms with Gasteiger partial charge in [-0.1, -0.05) is 0 Å². The molecule has 0 radical (unpaired) electrons. The van der Waals surface area contributed by atoms with Crippen LogP contribution in [0.25, 0.3) is 0 Å². The number of rotatable bonds is 7. The van der Waals surface area contributed by atoms with Crippen molar-refractivity contribution < 1.29 is 14.3 Å². The number of ether oxygens (including phenoxy) is 2. The Bertz CT molecular complexity index is 870. The summed E-state index contributed by atoms with van der Waals surface area (Å²) in [4.78, 5) is 13.8. The molecule has 1 heterocycles. The number of carbonyl (C=O) groups is 1. The van der Waals surface area contributed by atoms with E-state index in [1.54, 1.807) is 7.11 Å². The van der Waals surface area contributed by atoms with E-state index in [0.29, 0.717) is 18.1 Å². The van der Waals surface area contributed by atoms with Gasteiger partial charge < -0.3 is 25.0 Å². The molecule has 1 aliphatic heterocycles. The molecule has 2 N–H and O–H groups in total. The van der Waals surface area contributed by atoms with Crippen LogP contribution in [0.5, 0.6) is 11.5 Å². The maximum absolute atomic E-state index is 12.0. The van der Waals surface area contributed by atoms with Gasteiger partial charge in [0.05, 0.1) is 13.2 Å². The number of nitrogens with one attached hydrogen (secondary N) is 2.